The van der Waals surface area contributed by atoms with Crippen LogP contribution >= 0.6 is 23.2 Å². The summed E-state index contributed by atoms with van der Waals surface area (Å²) in [7, 11) is 0. The van der Waals surface area contributed by atoms with Crippen LogP contribution in [0.3, 0.4) is 0 Å². The average Bonchev–Trinajstić information content (AvgIpc) is 2.34. The molecule has 0 fully saturated rings. The first-order valence-corrected chi connectivity index (χ1v) is 5.89. The Morgan fingerprint density at radius 2 is 1.72 bits per heavy atom. The molecule has 3 N–H and O–H groups in total. The molecule has 18 heavy (non-hydrogen) atoms. The first-order chi connectivity index (χ1) is 8.56. The minimum atomic E-state index is -0.0325. The van der Waals surface area contributed by atoms with Crippen molar-refractivity contribution in [2.45, 2.75) is 0 Å². The number of benzene rings is 2. The van der Waals surface area contributed by atoms with Crippen LogP contribution in [0.2, 0.25) is 10.0 Å². The van der Waals surface area contributed by atoms with Crippen LogP contribution in [0, 0.1) is 5.41 Å². The molecule has 92 valence electrons. The highest BCUT2D eigenvalue weighted by molar-refractivity contribution is 6.32. The van der Waals surface area contributed by atoms with Crippen LogP contribution in [0.1, 0.15) is 5.56 Å². The zero-order chi connectivity index (χ0) is 13.1. The SMILES string of the molecule is N=C(N)c1ccc(Oc2ccc(Cl)cc2)c(Cl)c1. The van der Waals surface area contributed by atoms with Crippen molar-refractivity contribution in [1.82, 2.24) is 0 Å². The van der Waals surface area contributed by atoms with E-state index in [0.717, 1.165) is 0 Å². The third kappa shape index (κ3) is 2.94. The monoisotopic (exact) mass is 280 g/mol. The number of rotatable bonds is 3. The van der Waals surface area contributed by atoms with Gasteiger partial charge in [0.05, 0.1) is 5.02 Å². The average molecular weight is 281 g/mol. The van der Waals surface area contributed by atoms with Gasteiger partial charge < -0.3 is 10.5 Å². The second kappa shape index (κ2) is 5.29. The highest BCUT2D eigenvalue weighted by Crippen LogP contribution is 2.30. The number of nitrogen functional groups attached to an aromatic ring is 1. The molecular formula is C13H10Cl2N2O. The predicted molar refractivity (Wildman–Crippen MR) is 74.0 cm³/mol. The van der Waals surface area contributed by atoms with Gasteiger partial charge in [-0.05, 0) is 42.5 Å². The van der Waals surface area contributed by atoms with E-state index in [-0.39, 0.29) is 5.84 Å². The fourth-order valence-corrected chi connectivity index (χ4v) is 1.73. The smallest absolute Gasteiger partial charge is 0.146 e. The number of nitrogens with one attached hydrogen (secondary N) is 1. The van der Waals surface area contributed by atoms with Gasteiger partial charge in [0.25, 0.3) is 0 Å². The zero-order valence-electron chi connectivity index (χ0n) is 9.28. The molecule has 0 spiro atoms. The number of hydrogen-bond acceptors (Lipinski definition) is 2. The molecule has 2 aromatic carbocycles. The van der Waals surface area contributed by atoms with Gasteiger partial charge in [0.2, 0.25) is 0 Å². The molecule has 0 aliphatic heterocycles. The molecule has 0 saturated carbocycles. The van der Waals surface area contributed by atoms with Gasteiger partial charge in [-0.15, -0.1) is 0 Å². The summed E-state index contributed by atoms with van der Waals surface area (Å²) in [5.74, 6) is 1.11. The number of nitrogens with two attached hydrogens (primary N) is 1. The van der Waals surface area contributed by atoms with E-state index >= 15 is 0 Å². The lowest BCUT2D eigenvalue weighted by Gasteiger charge is -2.08. The Morgan fingerprint density at radius 3 is 2.28 bits per heavy atom. The van der Waals surface area contributed by atoms with E-state index in [2.05, 4.69) is 0 Å². The van der Waals surface area contributed by atoms with Crippen molar-refractivity contribution >= 4 is 29.0 Å². The standard InChI is InChI=1S/C13H10Cl2N2O/c14-9-2-4-10(5-3-9)18-12-6-1-8(13(16)17)7-11(12)15/h1-7H,(H3,16,17). The lowest BCUT2D eigenvalue weighted by molar-refractivity contribution is 0.483. The fourth-order valence-electron chi connectivity index (χ4n) is 1.38. The molecule has 0 aliphatic rings. The van der Waals surface area contributed by atoms with Crippen molar-refractivity contribution in [2.24, 2.45) is 5.73 Å². The lowest BCUT2D eigenvalue weighted by atomic mass is 10.2. The minimum Gasteiger partial charge on any atom is -0.456 e. The Hall–Kier alpha value is -1.71. The van der Waals surface area contributed by atoms with Crippen molar-refractivity contribution < 1.29 is 4.74 Å². The summed E-state index contributed by atoms with van der Waals surface area (Å²) in [6, 6.07) is 11.9. The van der Waals surface area contributed by atoms with Crippen LogP contribution in [0.4, 0.5) is 0 Å². The van der Waals surface area contributed by atoms with Crippen LogP contribution in [0.5, 0.6) is 11.5 Å². The number of hydrogen-bond donors (Lipinski definition) is 2. The molecule has 0 atom stereocenters. The van der Waals surface area contributed by atoms with Crippen molar-refractivity contribution in [1.29, 1.82) is 5.41 Å². The molecule has 0 aliphatic carbocycles. The van der Waals surface area contributed by atoms with Gasteiger partial charge in [0, 0.05) is 10.6 Å². The van der Waals surface area contributed by atoms with E-state index in [1.54, 1.807) is 42.5 Å². The van der Waals surface area contributed by atoms with Crippen LogP contribution in [-0.4, -0.2) is 5.84 Å². The zero-order valence-corrected chi connectivity index (χ0v) is 10.8. The molecule has 3 nitrogen and oxygen atoms in total. The van der Waals surface area contributed by atoms with Crippen molar-refractivity contribution in [3.63, 3.8) is 0 Å². The molecule has 0 unspecified atom stereocenters. The van der Waals surface area contributed by atoms with E-state index in [1.807, 2.05) is 0 Å². The first-order valence-electron chi connectivity index (χ1n) is 5.13. The fraction of sp³-hybridized carbons (Fsp3) is 0. The topological polar surface area (TPSA) is 59.1 Å². The highest BCUT2D eigenvalue weighted by Gasteiger charge is 2.06. The molecule has 2 rings (SSSR count). The third-order valence-electron chi connectivity index (χ3n) is 2.28. The summed E-state index contributed by atoms with van der Waals surface area (Å²) in [5.41, 5.74) is 5.93. The Morgan fingerprint density at radius 1 is 1.06 bits per heavy atom. The number of amidine groups is 1. The molecule has 0 radical (unpaired) electrons. The van der Waals surface area contributed by atoms with Crippen LogP contribution in [0.25, 0.3) is 0 Å². The van der Waals surface area contributed by atoms with E-state index < -0.39 is 0 Å². The van der Waals surface area contributed by atoms with E-state index in [0.29, 0.717) is 27.1 Å². The van der Waals surface area contributed by atoms with Crippen LogP contribution in [-0.2, 0) is 0 Å². The minimum absolute atomic E-state index is 0.0325. The van der Waals surface area contributed by atoms with Gasteiger partial charge >= 0.3 is 0 Å². The number of halogens is 2. The largest absolute Gasteiger partial charge is 0.456 e. The normalized spacial score (nSPS) is 10.1. The van der Waals surface area contributed by atoms with Gasteiger partial charge in [0.15, 0.2) is 0 Å². The van der Waals surface area contributed by atoms with Gasteiger partial charge in [0.1, 0.15) is 17.3 Å². The summed E-state index contributed by atoms with van der Waals surface area (Å²) in [4.78, 5) is 0. The maximum absolute atomic E-state index is 7.31. The maximum Gasteiger partial charge on any atom is 0.146 e. The predicted octanol–water partition coefficient (Wildman–Crippen LogP) is 4.07. The summed E-state index contributed by atoms with van der Waals surface area (Å²) >= 11 is 11.8. The molecular weight excluding hydrogens is 271 g/mol. The second-order valence-corrected chi connectivity index (χ2v) is 4.46. The lowest BCUT2D eigenvalue weighted by Crippen LogP contribution is -2.10. The van der Waals surface area contributed by atoms with Crippen LogP contribution < -0.4 is 10.5 Å². The maximum atomic E-state index is 7.31. The quantitative estimate of drug-likeness (QED) is 0.658. The summed E-state index contributed by atoms with van der Waals surface area (Å²) in [5, 5.41) is 8.35. The van der Waals surface area contributed by atoms with Gasteiger partial charge in [-0.1, -0.05) is 23.2 Å². The molecule has 0 bridgehead atoms. The summed E-state index contributed by atoms with van der Waals surface area (Å²) < 4.78 is 5.60. The summed E-state index contributed by atoms with van der Waals surface area (Å²) in [6.07, 6.45) is 0. The second-order valence-electron chi connectivity index (χ2n) is 3.61. The Kier molecular flexibility index (Phi) is 3.75. The third-order valence-corrected chi connectivity index (χ3v) is 2.83. The highest BCUT2D eigenvalue weighted by atomic mass is 35.5. The van der Waals surface area contributed by atoms with Crippen LogP contribution in [0.15, 0.2) is 42.5 Å². The van der Waals surface area contributed by atoms with E-state index in [4.69, 9.17) is 39.1 Å². The Balaban J connectivity index is 2.24. The van der Waals surface area contributed by atoms with Gasteiger partial charge in [-0.25, -0.2) is 0 Å². The molecule has 0 saturated heterocycles. The number of ether oxygens (including phenoxy) is 1. The van der Waals surface area contributed by atoms with E-state index in [1.165, 1.54) is 0 Å². The van der Waals surface area contributed by atoms with Gasteiger partial charge in [-0.3, -0.25) is 5.41 Å². The van der Waals surface area contributed by atoms with Crippen molar-refractivity contribution in [3.05, 3.63) is 58.1 Å². The molecule has 2 aromatic rings. The first kappa shape index (κ1) is 12.7. The van der Waals surface area contributed by atoms with E-state index in [9.17, 15) is 0 Å². The van der Waals surface area contributed by atoms with Crippen molar-refractivity contribution in [3.8, 4) is 11.5 Å². The Labute approximate surface area is 115 Å². The molecule has 0 heterocycles. The molecule has 0 aromatic heterocycles. The van der Waals surface area contributed by atoms with Gasteiger partial charge in [-0.2, -0.15) is 0 Å². The molecule has 0 amide bonds. The summed E-state index contributed by atoms with van der Waals surface area (Å²) in [6.45, 7) is 0. The van der Waals surface area contributed by atoms with Crippen molar-refractivity contribution in [2.75, 3.05) is 0 Å². The molecule has 5 heteroatoms. The Bertz CT molecular complexity index is 582.